The zero-order valence-corrected chi connectivity index (χ0v) is 13.3. The topological polar surface area (TPSA) is 81.4 Å². The lowest BCUT2D eigenvalue weighted by Crippen LogP contribution is -2.21. The SMILES string of the molecule is O=C(COC(=O)Cc1ccc(-c2ccccc2)cc1)Nc1ccon1. The van der Waals surface area contributed by atoms with Gasteiger partial charge >= 0.3 is 5.97 Å². The van der Waals surface area contributed by atoms with Gasteiger partial charge in [-0.1, -0.05) is 59.8 Å². The Labute approximate surface area is 144 Å². The molecule has 1 N–H and O–H groups in total. The van der Waals surface area contributed by atoms with Crippen molar-refractivity contribution in [2.45, 2.75) is 6.42 Å². The number of ether oxygens (including phenoxy) is 1. The van der Waals surface area contributed by atoms with Gasteiger partial charge in [0.1, 0.15) is 6.26 Å². The van der Waals surface area contributed by atoms with Gasteiger partial charge in [0.2, 0.25) is 0 Å². The molecular weight excluding hydrogens is 320 g/mol. The van der Waals surface area contributed by atoms with Gasteiger partial charge in [0.25, 0.3) is 5.91 Å². The quantitative estimate of drug-likeness (QED) is 0.700. The fourth-order valence-corrected chi connectivity index (χ4v) is 2.27. The lowest BCUT2D eigenvalue weighted by atomic mass is 10.0. The van der Waals surface area contributed by atoms with Crippen LogP contribution in [0.15, 0.2) is 71.4 Å². The Morgan fingerprint density at radius 2 is 1.68 bits per heavy atom. The van der Waals surface area contributed by atoms with Gasteiger partial charge in [-0.05, 0) is 16.7 Å². The van der Waals surface area contributed by atoms with Crippen molar-refractivity contribution in [2.75, 3.05) is 11.9 Å². The van der Waals surface area contributed by atoms with Crippen LogP contribution < -0.4 is 5.32 Å². The molecule has 0 aliphatic carbocycles. The van der Waals surface area contributed by atoms with Crippen molar-refractivity contribution in [3.05, 3.63) is 72.5 Å². The molecule has 0 saturated carbocycles. The zero-order valence-electron chi connectivity index (χ0n) is 13.3. The van der Waals surface area contributed by atoms with Crippen molar-refractivity contribution >= 4 is 17.7 Å². The first-order valence-corrected chi connectivity index (χ1v) is 7.71. The molecule has 0 aliphatic rings. The van der Waals surface area contributed by atoms with Gasteiger partial charge in [0.15, 0.2) is 12.4 Å². The number of benzene rings is 2. The normalized spacial score (nSPS) is 10.2. The van der Waals surface area contributed by atoms with E-state index in [2.05, 4.69) is 15.0 Å². The number of esters is 1. The summed E-state index contributed by atoms with van der Waals surface area (Å²) in [5.41, 5.74) is 3.01. The number of aromatic nitrogens is 1. The minimum Gasteiger partial charge on any atom is -0.455 e. The third-order valence-electron chi connectivity index (χ3n) is 3.48. The minimum atomic E-state index is -0.471. The van der Waals surface area contributed by atoms with Gasteiger partial charge in [0.05, 0.1) is 6.42 Å². The number of carbonyl (C=O) groups is 2. The molecule has 1 heterocycles. The lowest BCUT2D eigenvalue weighted by Gasteiger charge is -2.06. The fraction of sp³-hybridized carbons (Fsp3) is 0.105. The smallest absolute Gasteiger partial charge is 0.310 e. The van der Waals surface area contributed by atoms with Gasteiger partial charge in [-0.25, -0.2) is 0 Å². The van der Waals surface area contributed by atoms with Crippen molar-refractivity contribution in [3.63, 3.8) is 0 Å². The number of rotatable bonds is 6. The highest BCUT2D eigenvalue weighted by Gasteiger charge is 2.10. The van der Waals surface area contributed by atoms with E-state index in [0.717, 1.165) is 16.7 Å². The minimum absolute atomic E-state index is 0.103. The molecule has 0 saturated heterocycles. The third kappa shape index (κ3) is 4.78. The largest absolute Gasteiger partial charge is 0.455 e. The Balaban J connectivity index is 1.48. The zero-order chi connectivity index (χ0) is 17.5. The average Bonchev–Trinajstić information content (AvgIpc) is 3.14. The van der Waals surface area contributed by atoms with E-state index in [4.69, 9.17) is 4.74 Å². The van der Waals surface area contributed by atoms with Crippen LogP contribution in [0.5, 0.6) is 0 Å². The molecule has 1 aromatic heterocycles. The van der Waals surface area contributed by atoms with Crippen LogP contribution >= 0.6 is 0 Å². The summed E-state index contributed by atoms with van der Waals surface area (Å²) in [6, 6.07) is 19.1. The molecule has 3 aromatic rings. The van der Waals surface area contributed by atoms with Crippen LogP contribution in [0, 0.1) is 0 Å². The number of nitrogens with one attached hydrogen (secondary N) is 1. The molecule has 0 atom stereocenters. The van der Waals surface area contributed by atoms with E-state index < -0.39 is 11.9 Å². The number of carbonyl (C=O) groups excluding carboxylic acids is 2. The second-order valence-electron chi connectivity index (χ2n) is 5.33. The van der Waals surface area contributed by atoms with Gasteiger partial charge < -0.3 is 14.6 Å². The van der Waals surface area contributed by atoms with Crippen molar-refractivity contribution in [1.29, 1.82) is 0 Å². The molecule has 6 nitrogen and oxygen atoms in total. The van der Waals surface area contributed by atoms with Gasteiger partial charge in [-0.15, -0.1) is 0 Å². The predicted molar refractivity (Wildman–Crippen MR) is 91.7 cm³/mol. The summed E-state index contributed by atoms with van der Waals surface area (Å²) in [5.74, 6) is -0.665. The summed E-state index contributed by atoms with van der Waals surface area (Å²) in [7, 11) is 0. The Kier molecular flexibility index (Phi) is 5.21. The Bertz CT molecular complexity index is 828. The molecule has 6 heteroatoms. The van der Waals surface area contributed by atoms with Crippen LogP contribution in [0.3, 0.4) is 0 Å². The summed E-state index contributed by atoms with van der Waals surface area (Å²) in [5, 5.41) is 5.98. The van der Waals surface area contributed by atoms with Crippen LogP contribution in [0.25, 0.3) is 11.1 Å². The fourth-order valence-electron chi connectivity index (χ4n) is 2.27. The molecule has 3 rings (SSSR count). The molecule has 0 aliphatic heterocycles. The van der Waals surface area contributed by atoms with E-state index in [9.17, 15) is 9.59 Å². The van der Waals surface area contributed by atoms with Crippen LogP contribution in [0.2, 0.25) is 0 Å². The highest BCUT2D eigenvalue weighted by Crippen LogP contribution is 2.19. The molecule has 2 aromatic carbocycles. The molecular formula is C19H16N2O4. The number of hydrogen-bond acceptors (Lipinski definition) is 5. The maximum Gasteiger partial charge on any atom is 0.310 e. The molecule has 126 valence electrons. The van der Waals surface area contributed by atoms with E-state index in [-0.39, 0.29) is 18.8 Å². The Hall–Kier alpha value is -3.41. The Morgan fingerprint density at radius 1 is 0.960 bits per heavy atom. The van der Waals surface area contributed by atoms with Crippen molar-refractivity contribution in [3.8, 4) is 11.1 Å². The molecule has 25 heavy (non-hydrogen) atoms. The standard InChI is InChI=1S/C19H16N2O4/c22-18(20-17-10-11-25-21-17)13-24-19(23)12-14-6-8-16(9-7-14)15-4-2-1-3-5-15/h1-11H,12-13H2,(H,20,21,22). The number of hydrogen-bond donors (Lipinski definition) is 1. The number of anilines is 1. The van der Waals surface area contributed by atoms with E-state index in [1.807, 2.05) is 54.6 Å². The number of amides is 1. The maximum absolute atomic E-state index is 11.8. The summed E-state index contributed by atoms with van der Waals surface area (Å²) in [4.78, 5) is 23.4. The first-order chi connectivity index (χ1) is 12.2. The third-order valence-corrected chi connectivity index (χ3v) is 3.48. The monoisotopic (exact) mass is 336 g/mol. The highest BCUT2D eigenvalue weighted by molar-refractivity contribution is 5.91. The van der Waals surface area contributed by atoms with Crippen LogP contribution in [0.4, 0.5) is 5.82 Å². The van der Waals surface area contributed by atoms with Crippen molar-refractivity contribution in [1.82, 2.24) is 5.16 Å². The second kappa shape index (κ2) is 7.92. The van der Waals surface area contributed by atoms with Crippen LogP contribution in [0.1, 0.15) is 5.56 Å². The number of nitrogens with zero attached hydrogens (tertiary/aromatic N) is 1. The lowest BCUT2D eigenvalue weighted by molar-refractivity contribution is -0.146. The molecule has 0 spiro atoms. The van der Waals surface area contributed by atoms with E-state index >= 15 is 0 Å². The molecule has 0 fully saturated rings. The second-order valence-corrected chi connectivity index (χ2v) is 5.33. The summed E-state index contributed by atoms with van der Waals surface area (Å²) in [6.07, 6.45) is 1.44. The van der Waals surface area contributed by atoms with Gasteiger partial charge in [-0.2, -0.15) is 0 Å². The van der Waals surface area contributed by atoms with E-state index in [1.54, 1.807) is 0 Å². The summed E-state index contributed by atoms with van der Waals surface area (Å²) in [6.45, 7) is -0.367. The van der Waals surface area contributed by atoms with Crippen LogP contribution in [-0.4, -0.2) is 23.6 Å². The summed E-state index contributed by atoms with van der Waals surface area (Å²) < 4.78 is 9.55. The summed E-state index contributed by atoms with van der Waals surface area (Å²) >= 11 is 0. The highest BCUT2D eigenvalue weighted by atomic mass is 16.5. The van der Waals surface area contributed by atoms with E-state index in [0.29, 0.717) is 0 Å². The predicted octanol–water partition coefficient (Wildman–Crippen LogP) is 3.07. The van der Waals surface area contributed by atoms with Crippen molar-refractivity contribution < 1.29 is 18.8 Å². The van der Waals surface area contributed by atoms with Crippen molar-refractivity contribution in [2.24, 2.45) is 0 Å². The molecule has 1 amide bonds. The maximum atomic E-state index is 11.8. The molecule has 0 bridgehead atoms. The van der Waals surface area contributed by atoms with Gasteiger partial charge in [0, 0.05) is 6.07 Å². The van der Waals surface area contributed by atoms with Crippen LogP contribution in [-0.2, 0) is 20.7 Å². The average molecular weight is 336 g/mol. The Morgan fingerprint density at radius 3 is 2.36 bits per heavy atom. The molecule has 0 radical (unpaired) electrons. The van der Waals surface area contributed by atoms with Gasteiger partial charge in [-0.3, -0.25) is 9.59 Å². The molecule has 0 unspecified atom stereocenters. The first kappa shape index (κ1) is 16.4. The van der Waals surface area contributed by atoms with E-state index in [1.165, 1.54) is 12.3 Å². The first-order valence-electron chi connectivity index (χ1n) is 7.71.